The number of benzene rings is 1. The van der Waals surface area contributed by atoms with Crippen LogP contribution in [0.3, 0.4) is 0 Å². The molecule has 0 amide bonds. The topological polar surface area (TPSA) is 36.3 Å². The van der Waals surface area contributed by atoms with E-state index < -0.39 is 0 Å². The second-order valence-corrected chi connectivity index (χ2v) is 4.42. The molecule has 0 saturated heterocycles. The second-order valence-electron chi connectivity index (χ2n) is 4.42. The zero-order valence-corrected chi connectivity index (χ0v) is 10.8. The van der Waals surface area contributed by atoms with Crippen LogP contribution in [0.4, 0.5) is 0 Å². The fourth-order valence-corrected chi connectivity index (χ4v) is 1.42. The van der Waals surface area contributed by atoms with E-state index in [1.165, 1.54) is 0 Å². The first-order chi connectivity index (χ1) is 8.13. The summed E-state index contributed by atoms with van der Waals surface area (Å²) in [5, 5.41) is 8.76. The lowest BCUT2D eigenvalue weighted by Crippen LogP contribution is -2.28. The van der Waals surface area contributed by atoms with E-state index >= 15 is 0 Å². The summed E-state index contributed by atoms with van der Waals surface area (Å²) in [5.41, 5.74) is 0.641. The predicted molar refractivity (Wildman–Crippen MR) is 69.0 cm³/mol. The van der Waals surface area contributed by atoms with Crippen molar-refractivity contribution >= 4 is 0 Å². The maximum absolute atomic E-state index is 8.76. The molecule has 92 valence electrons. The third kappa shape index (κ3) is 4.88. The molecule has 1 rings (SSSR count). The van der Waals surface area contributed by atoms with E-state index in [0.717, 1.165) is 18.7 Å². The van der Waals surface area contributed by atoms with E-state index in [-0.39, 0.29) is 0 Å². The van der Waals surface area contributed by atoms with Gasteiger partial charge in [0.25, 0.3) is 0 Å². The van der Waals surface area contributed by atoms with Crippen LogP contribution >= 0.6 is 0 Å². The first-order valence-corrected chi connectivity index (χ1v) is 5.96. The van der Waals surface area contributed by atoms with Crippen molar-refractivity contribution in [3.05, 3.63) is 29.8 Å². The van der Waals surface area contributed by atoms with Gasteiger partial charge in [-0.05, 0) is 45.5 Å². The van der Waals surface area contributed by atoms with Gasteiger partial charge < -0.3 is 9.64 Å². The number of nitriles is 1. The average molecular weight is 232 g/mol. The van der Waals surface area contributed by atoms with E-state index in [4.69, 9.17) is 10.00 Å². The Morgan fingerprint density at radius 1 is 1.41 bits per heavy atom. The Morgan fingerprint density at radius 3 is 2.82 bits per heavy atom. The molecule has 0 spiro atoms. The molecule has 0 radical (unpaired) electrons. The summed E-state index contributed by atoms with van der Waals surface area (Å²) in [5.74, 6) is 0.774. The molecule has 1 aromatic carbocycles. The quantitative estimate of drug-likeness (QED) is 0.707. The van der Waals surface area contributed by atoms with Gasteiger partial charge in [0.05, 0.1) is 18.2 Å². The molecule has 0 aliphatic carbocycles. The molecular weight excluding hydrogens is 212 g/mol. The lowest BCUT2D eigenvalue weighted by Gasteiger charge is -2.20. The van der Waals surface area contributed by atoms with Crippen LogP contribution in [0, 0.1) is 11.3 Å². The van der Waals surface area contributed by atoms with Crippen LogP contribution in [0.15, 0.2) is 24.3 Å². The Kier molecular flexibility index (Phi) is 5.51. The lowest BCUT2D eigenvalue weighted by molar-refractivity contribution is 0.234. The van der Waals surface area contributed by atoms with Crippen molar-refractivity contribution < 1.29 is 4.74 Å². The maximum Gasteiger partial charge on any atom is 0.120 e. The zero-order valence-electron chi connectivity index (χ0n) is 10.8. The Hall–Kier alpha value is -1.53. The van der Waals surface area contributed by atoms with E-state index in [2.05, 4.69) is 31.9 Å². The molecule has 0 heterocycles. The van der Waals surface area contributed by atoms with Crippen LogP contribution in [0.5, 0.6) is 5.75 Å². The van der Waals surface area contributed by atoms with Crippen molar-refractivity contribution in [3.63, 3.8) is 0 Å². The van der Waals surface area contributed by atoms with Gasteiger partial charge in [-0.15, -0.1) is 0 Å². The Labute approximate surface area is 104 Å². The van der Waals surface area contributed by atoms with Gasteiger partial charge in [-0.25, -0.2) is 0 Å². The number of ether oxygens (including phenoxy) is 1. The van der Waals surface area contributed by atoms with E-state index in [1.807, 2.05) is 12.1 Å². The molecule has 0 aromatic heterocycles. The fraction of sp³-hybridized carbons (Fsp3) is 0.500. The summed E-state index contributed by atoms with van der Waals surface area (Å²) >= 11 is 0. The fourth-order valence-electron chi connectivity index (χ4n) is 1.42. The molecule has 0 bridgehead atoms. The molecule has 0 N–H and O–H groups in total. The summed E-state index contributed by atoms with van der Waals surface area (Å²) in [6.07, 6.45) is 0.992. The Morgan fingerprint density at radius 2 is 2.18 bits per heavy atom. The molecule has 0 aliphatic heterocycles. The van der Waals surface area contributed by atoms with Crippen LogP contribution in [-0.2, 0) is 0 Å². The van der Waals surface area contributed by atoms with Crippen molar-refractivity contribution in [2.45, 2.75) is 26.3 Å². The normalized spacial score (nSPS) is 10.6. The smallest absolute Gasteiger partial charge is 0.120 e. The van der Waals surface area contributed by atoms with Crippen LogP contribution in [0.2, 0.25) is 0 Å². The molecule has 1 aromatic rings. The Bertz CT molecular complexity index is 382. The SMILES string of the molecule is CC(C)N(C)CCCOc1cccc(C#N)c1. The summed E-state index contributed by atoms with van der Waals surface area (Å²) in [6, 6.07) is 9.94. The first-order valence-electron chi connectivity index (χ1n) is 5.96. The maximum atomic E-state index is 8.76. The monoisotopic (exact) mass is 232 g/mol. The van der Waals surface area contributed by atoms with Crippen molar-refractivity contribution in [1.82, 2.24) is 4.90 Å². The molecule has 3 heteroatoms. The third-order valence-electron chi connectivity index (χ3n) is 2.77. The van der Waals surface area contributed by atoms with E-state index in [0.29, 0.717) is 18.2 Å². The minimum atomic E-state index is 0.567. The number of hydrogen-bond acceptors (Lipinski definition) is 3. The molecule has 0 fully saturated rings. The van der Waals surface area contributed by atoms with Gasteiger partial charge in [-0.2, -0.15) is 5.26 Å². The first kappa shape index (κ1) is 13.5. The van der Waals surface area contributed by atoms with Crippen LogP contribution in [0.25, 0.3) is 0 Å². The highest BCUT2D eigenvalue weighted by Gasteiger charge is 2.02. The minimum Gasteiger partial charge on any atom is -0.494 e. The summed E-state index contributed by atoms with van der Waals surface area (Å²) in [4.78, 5) is 2.29. The van der Waals surface area contributed by atoms with Crippen molar-refractivity contribution in [2.75, 3.05) is 20.2 Å². The number of rotatable bonds is 6. The zero-order chi connectivity index (χ0) is 12.7. The van der Waals surface area contributed by atoms with E-state index in [1.54, 1.807) is 12.1 Å². The molecule has 3 nitrogen and oxygen atoms in total. The highest BCUT2D eigenvalue weighted by molar-refractivity contribution is 5.36. The second kappa shape index (κ2) is 6.93. The molecular formula is C14H20N2O. The van der Waals surface area contributed by atoms with Gasteiger partial charge >= 0.3 is 0 Å². The van der Waals surface area contributed by atoms with Crippen LogP contribution < -0.4 is 4.74 Å². The number of nitrogens with zero attached hydrogens (tertiary/aromatic N) is 2. The van der Waals surface area contributed by atoms with Gasteiger partial charge in [0.15, 0.2) is 0 Å². The predicted octanol–water partition coefficient (Wildman–Crippen LogP) is 2.67. The van der Waals surface area contributed by atoms with Crippen molar-refractivity contribution in [2.24, 2.45) is 0 Å². The third-order valence-corrected chi connectivity index (χ3v) is 2.77. The summed E-state index contributed by atoms with van der Waals surface area (Å²) in [6.45, 7) is 6.07. The summed E-state index contributed by atoms with van der Waals surface area (Å²) in [7, 11) is 2.11. The Balaban J connectivity index is 2.29. The minimum absolute atomic E-state index is 0.567. The van der Waals surface area contributed by atoms with Gasteiger partial charge in [0.2, 0.25) is 0 Å². The van der Waals surface area contributed by atoms with Gasteiger partial charge in [0.1, 0.15) is 5.75 Å². The largest absolute Gasteiger partial charge is 0.494 e. The highest BCUT2D eigenvalue weighted by Crippen LogP contribution is 2.12. The average Bonchev–Trinajstić information content (AvgIpc) is 2.34. The van der Waals surface area contributed by atoms with Gasteiger partial charge in [-0.3, -0.25) is 0 Å². The van der Waals surface area contributed by atoms with E-state index in [9.17, 15) is 0 Å². The standard InChI is InChI=1S/C14H20N2O/c1-12(2)16(3)8-5-9-17-14-7-4-6-13(10-14)11-15/h4,6-7,10,12H,5,8-9H2,1-3H3. The summed E-state index contributed by atoms with van der Waals surface area (Å²) < 4.78 is 5.60. The van der Waals surface area contributed by atoms with Gasteiger partial charge in [0, 0.05) is 12.6 Å². The molecule has 0 atom stereocenters. The van der Waals surface area contributed by atoms with Crippen molar-refractivity contribution in [1.29, 1.82) is 5.26 Å². The lowest BCUT2D eigenvalue weighted by atomic mass is 10.2. The van der Waals surface area contributed by atoms with Crippen LogP contribution in [0.1, 0.15) is 25.8 Å². The number of hydrogen-bond donors (Lipinski definition) is 0. The van der Waals surface area contributed by atoms with Gasteiger partial charge in [-0.1, -0.05) is 6.07 Å². The van der Waals surface area contributed by atoms with Crippen LogP contribution in [-0.4, -0.2) is 31.1 Å². The molecule has 0 unspecified atom stereocenters. The molecule has 0 saturated carbocycles. The highest BCUT2D eigenvalue weighted by atomic mass is 16.5. The molecule has 0 aliphatic rings. The molecule has 17 heavy (non-hydrogen) atoms. The van der Waals surface area contributed by atoms with Crippen molar-refractivity contribution in [3.8, 4) is 11.8 Å².